The van der Waals surface area contributed by atoms with Gasteiger partial charge >= 0.3 is 0 Å². The highest BCUT2D eigenvalue weighted by atomic mass is 16.5. The molecule has 21 heavy (non-hydrogen) atoms. The number of hydrogen-bond acceptors (Lipinski definition) is 5. The van der Waals surface area contributed by atoms with E-state index < -0.39 is 0 Å². The number of aromatic nitrogens is 3. The van der Waals surface area contributed by atoms with Crippen LogP contribution >= 0.6 is 0 Å². The van der Waals surface area contributed by atoms with Gasteiger partial charge in [0.15, 0.2) is 0 Å². The van der Waals surface area contributed by atoms with E-state index in [2.05, 4.69) is 21.1 Å². The van der Waals surface area contributed by atoms with Crippen LogP contribution in [0.2, 0.25) is 0 Å². The first kappa shape index (κ1) is 13.6. The van der Waals surface area contributed by atoms with E-state index in [1.165, 1.54) is 0 Å². The van der Waals surface area contributed by atoms with Crippen molar-refractivity contribution in [3.8, 4) is 6.07 Å². The normalized spacial score (nSPS) is 18.5. The van der Waals surface area contributed by atoms with Gasteiger partial charge in [0, 0.05) is 25.5 Å². The van der Waals surface area contributed by atoms with Crippen molar-refractivity contribution in [3.63, 3.8) is 0 Å². The van der Waals surface area contributed by atoms with Gasteiger partial charge in [0.2, 0.25) is 0 Å². The summed E-state index contributed by atoms with van der Waals surface area (Å²) >= 11 is 0. The van der Waals surface area contributed by atoms with Crippen molar-refractivity contribution in [2.45, 2.75) is 19.6 Å². The first-order valence-corrected chi connectivity index (χ1v) is 6.96. The fourth-order valence-corrected chi connectivity index (χ4v) is 2.47. The average molecular weight is 283 g/mol. The van der Waals surface area contributed by atoms with E-state index in [1.807, 2.05) is 30.1 Å². The highest BCUT2D eigenvalue weighted by Crippen LogP contribution is 2.17. The third-order valence-electron chi connectivity index (χ3n) is 3.49. The maximum atomic E-state index is 8.98. The number of nitriles is 1. The van der Waals surface area contributed by atoms with Gasteiger partial charge in [-0.05, 0) is 24.6 Å². The zero-order chi connectivity index (χ0) is 14.7. The molecule has 0 saturated carbocycles. The topological polar surface area (TPSA) is 67.0 Å². The number of morpholine rings is 1. The zero-order valence-corrected chi connectivity index (χ0v) is 11.9. The SMILES string of the molecule is Cc1cnn(CC2CN(c3cc(C#N)ccn3)CCO2)c1. The van der Waals surface area contributed by atoms with Crippen LogP contribution < -0.4 is 4.90 Å². The lowest BCUT2D eigenvalue weighted by atomic mass is 10.2. The maximum Gasteiger partial charge on any atom is 0.129 e. The van der Waals surface area contributed by atoms with Crippen LogP contribution in [0.5, 0.6) is 0 Å². The predicted molar refractivity (Wildman–Crippen MR) is 77.9 cm³/mol. The number of anilines is 1. The second-order valence-electron chi connectivity index (χ2n) is 5.19. The molecule has 1 saturated heterocycles. The van der Waals surface area contributed by atoms with E-state index >= 15 is 0 Å². The molecule has 1 aliphatic rings. The molecular formula is C15H17N5O. The monoisotopic (exact) mass is 283 g/mol. The first-order valence-electron chi connectivity index (χ1n) is 6.96. The number of ether oxygens (including phenoxy) is 1. The molecule has 3 rings (SSSR count). The van der Waals surface area contributed by atoms with E-state index in [9.17, 15) is 0 Å². The van der Waals surface area contributed by atoms with Crippen LogP contribution in [-0.2, 0) is 11.3 Å². The third-order valence-corrected chi connectivity index (χ3v) is 3.49. The number of aryl methyl sites for hydroxylation is 1. The minimum Gasteiger partial charge on any atom is -0.373 e. The van der Waals surface area contributed by atoms with E-state index in [0.29, 0.717) is 12.2 Å². The average Bonchev–Trinajstić information content (AvgIpc) is 2.93. The van der Waals surface area contributed by atoms with Crippen molar-refractivity contribution in [3.05, 3.63) is 41.9 Å². The summed E-state index contributed by atoms with van der Waals surface area (Å²) in [6.45, 7) is 4.94. The molecule has 2 aromatic rings. The summed E-state index contributed by atoms with van der Waals surface area (Å²) in [6.07, 6.45) is 5.61. The quantitative estimate of drug-likeness (QED) is 0.851. The van der Waals surface area contributed by atoms with Gasteiger partial charge in [-0.2, -0.15) is 10.4 Å². The molecule has 6 nitrogen and oxygen atoms in total. The summed E-state index contributed by atoms with van der Waals surface area (Å²) in [6, 6.07) is 5.68. The second kappa shape index (κ2) is 5.94. The Morgan fingerprint density at radius 3 is 3.19 bits per heavy atom. The Kier molecular flexibility index (Phi) is 3.84. The lowest BCUT2D eigenvalue weighted by Crippen LogP contribution is -2.44. The van der Waals surface area contributed by atoms with Crippen LogP contribution in [0.25, 0.3) is 0 Å². The van der Waals surface area contributed by atoms with Crippen molar-refractivity contribution >= 4 is 5.82 Å². The molecule has 0 aromatic carbocycles. The summed E-state index contributed by atoms with van der Waals surface area (Å²) in [5.41, 5.74) is 1.77. The molecule has 0 bridgehead atoms. The molecule has 0 spiro atoms. The Bertz CT molecular complexity index is 660. The van der Waals surface area contributed by atoms with Gasteiger partial charge in [-0.15, -0.1) is 0 Å². The molecule has 3 heterocycles. The van der Waals surface area contributed by atoms with E-state index in [1.54, 1.807) is 12.3 Å². The predicted octanol–water partition coefficient (Wildman–Crippen LogP) is 1.36. The minimum atomic E-state index is 0.0746. The molecular weight excluding hydrogens is 266 g/mol. The molecule has 1 unspecified atom stereocenters. The smallest absolute Gasteiger partial charge is 0.129 e. The maximum absolute atomic E-state index is 8.98. The molecule has 6 heteroatoms. The van der Waals surface area contributed by atoms with Crippen LogP contribution in [-0.4, -0.2) is 40.6 Å². The molecule has 1 atom stereocenters. The lowest BCUT2D eigenvalue weighted by molar-refractivity contribution is 0.0272. The van der Waals surface area contributed by atoms with Crippen molar-refractivity contribution in [1.29, 1.82) is 5.26 Å². The van der Waals surface area contributed by atoms with Crippen molar-refractivity contribution < 1.29 is 4.74 Å². The van der Waals surface area contributed by atoms with Crippen LogP contribution in [0, 0.1) is 18.3 Å². The lowest BCUT2D eigenvalue weighted by Gasteiger charge is -2.33. The standard InChI is InChI=1S/C15H17N5O/c1-12-8-18-20(9-12)11-14-10-19(4-5-21-14)15-6-13(7-16)2-3-17-15/h2-3,6,8-9,14H,4-5,10-11H2,1H3. The van der Waals surface area contributed by atoms with E-state index in [0.717, 1.165) is 31.0 Å². The molecule has 0 radical (unpaired) electrons. The molecule has 108 valence electrons. The van der Waals surface area contributed by atoms with Gasteiger partial charge in [0.25, 0.3) is 0 Å². The second-order valence-corrected chi connectivity index (χ2v) is 5.19. The van der Waals surface area contributed by atoms with Crippen LogP contribution in [0.4, 0.5) is 5.82 Å². The number of hydrogen-bond donors (Lipinski definition) is 0. The van der Waals surface area contributed by atoms with E-state index in [-0.39, 0.29) is 6.10 Å². The van der Waals surface area contributed by atoms with Crippen molar-refractivity contribution in [1.82, 2.24) is 14.8 Å². The Morgan fingerprint density at radius 2 is 2.43 bits per heavy atom. The Balaban J connectivity index is 1.69. The highest BCUT2D eigenvalue weighted by molar-refractivity contribution is 5.45. The highest BCUT2D eigenvalue weighted by Gasteiger charge is 2.22. The fraction of sp³-hybridized carbons (Fsp3) is 0.400. The van der Waals surface area contributed by atoms with Crippen LogP contribution in [0.3, 0.4) is 0 Å². The van der Waals surface area contributed by atoms with Gasteiger partial charge in [-0.25, -0.2) is 4.98 Å². The van der Waals surface area contributed by atoms with Crippen LogP contribution in [0.15, 0.2) is 30.7 Å². The molecule has 0 aliphatic carbocycles. The first-order chi connectivity index (χ1) is 10.2. The number of rotatable bonds is 3. The van der Waals surface area contributed by atoms with Gasteiger partial charge in [-0.3, -0.25) is 4.68 Å². The summed E-state index contributed by atoms with van der Waals surface area (Å²) in [5.74, 6) is 0.832. The van der Waals surface area contributed by atoms with Crippen molar-refractivity contribution in [2.24, 2.45) is 0 Å². The summed E-state index contributed by atoms with van der Waals surface area (Å²) in [4.78, 5) is 6.51. The van der Waals surface area contributed by atoms with Gasteiger partial charge in [0.05, 0.1) is 37.1 Å². The Labute approximate surface area is 123 Å². The molecule has 1 aliphatic heterocycles. The molecule has 0 amide bonds. The van der Waals surface area contributed by atoms with Gasteiger partial charge in [0.1, 0.15) is 5.82 Å². The summed E-state index contributed by atoms with van der Waals surface area (Å²) in [5, 5.41) is 13.3. The largest absolute Gasteiger partial charge is 0.373 e. The van der Waals surface area contributed by atoms with Crippen molar-refractivity contribution in [2.75, 3.05) is 24.6 Å². The Hall–Kier alpha value is -2.39. The number of pyridine rings is 1. The van der Waals surface area contributed by atoms with Gasteiger partial charge < -0.3 is 9.64 Å². The third kappa shape index (κ3) is 3.20. The summed E-state index contributed by atoms with van der Waals surface area (Å²) in [7, 11) is 0. The summed E-state index contributed by atoms with van der Waals surface area (Å²) < 4.78 is 7.71. The van der Waals surface area contributed by atoms with E-state index in [4.69, 9.17) is 10.00 Å². The van der Waals surface area contributed by atoms with Gasteiger partial charge in [-0.1, -0.05) is 0 Å². The molecule has 0 N–H and O–H groups in total. The van der Waals surface area contributed by atoms with Crippen LogP contribution in [0.1, 0.15) is 11.1 Å². The zero-order valence-electron chi connectivity index (χ0n) is 11.9. The Morgan fingerprint density at radius 1 is 1.52 bits per heavy atom. The molecule has 1 fully saturated rings. The fourth-order valence-electron chi connectivity index (χ4n) is 2.47. The molecule has 2 aromatic heterocycles. The number of nitrogens with zero attached hydrogens (tertiary/aromatic N) is 5. The minimum absolute atomic E-state index is 0.0746.